The summed E-state index contributed by atoms with van der Waals surface area (Å²) < 4.78 is 16.6. The Morgan fingerprint density at radius 2 is 1.02 bits per heavy atom. The van der Waals surface area contributed by atoms with Gasteiger partial charge in [0.05, 0.1) is 32.0 Å². The molecular weight excluding hydrogens is 799 g/mol. The van der Waals surface area contributed by atoms with Crippen LogP contribution in [0.4, 0.5) is 0 Å². The quantitative estimate of drug-likeness (QED) is 0.0196. The number of unbranched alkanes of at least 4 members (excludes halogenated alkanes) is 28. The van der Waals surface area contributed by atoms with E-state index in [9.17, 15) is 35.1 Å². The molecule has 0 saturated carbocycles. The summed E-state index contributed by atoms with van der Waals surface area (Å²) in [6.07, 6.45) is 38.4. The predicted octanol–water partition coefficient (Wildman–Crippen LogP) is 10.6. The SMILES string of the molecule is CCCCCCCCC/C=C/C(O)C(COC1OC(CO)C(O)C(O)C1O)NC(=O)CCCCC/C=C\CCCCCCCCOC(=O)CCCCCCCCCCCCCCC. The van der Waals surface area contributed by atoms with Crippen molar-refractivity contribution in [3.63, 3.8) is 0 Å². The number of aliphatic hydroxyl groups excluding tert-OH is 5. The van der Waals surface area contributed by atoms with E-state index in [0.717, 1.165) is 70.6 Å². The molecule has 0 spiro atoms. The standard InChI is InChI=1S/C52H97NO10/c1-3-5-7-9-11-13-14-16-20-24-28-32-36-40-48(57)61-41-37-33-29-25-21-18-15-17-19-23-27-31-35-39-47(56)53-44(45(55)38-34-30-26-22-12-10-8-6-4-2)43-62-52-51(60)50(59)49(58)46(42-54)63-52/h17,19,34,38,44-46,49-52,54-55,58-60H,3-16,18,20-33,35-37,39-43H2,1-2H3,(H,53,56)/b19-17-,38-34+. The molecule has 370 valence electrons. The van der Waals surface area contributed by atoms with Gasteiger partial charge in [0.25, 0.3) is 0 Å². The van der Waals surface area contributed by atoms with Gasteiger partial charge in [-0.25, -0.2) is 0 Å². The molecule has 6 N–H and O–H groups in total. The molecule has 1 aliphatic heterocycles. The van der Waals surface area contributed by atoms with Gasteiger partial charge in [-0.1, -0.05) is 186 Å². The van der Waals surface area contributed by atoms with Crippen LogP contribution in [-0.2, 0) is 23.8 Å². The van der Waals surface area contributed by atoms with Crippen molar-refractivity contribution in [2.45, 2.75) is 275 Å². The van der Waals surface area contributed by atoms with Crippen molar-refractivity contribution in [3.8, 4) is 0 Å². The van der Waals surface area contributed by atoms with Crippen LogP contribution in [0.1, 0.15) is 232 Å². The molecule has 63 heavy (non-hydrogen) atoms. The Balaban J connectivity index is 2.15. The summed E-state index contributed by atoms with van der Waals surface area (Å²) in [4.78, 5) is 25.0. The molecule has 1 aliphatic rings. The van der Waals surface area contributed by atoms with Gasteiger partial charge in [0.15, 0.2) is 6.29 Å². The molecule has 1 heterocycles. The number of rotatable bonds is 44. The zero-order chi connectivity index (χ0) is 46.0. The van der Waals surface area contributed by atoms with Crippen LogP contribution in [-0.4, -0.2) is 100 Å². The van der Waals surface area contributed by atoms with E-state index in [1.807, 2.05) is 6.08 Å². The van der Waals surface area contributed by atoms with E-state index < -0.39 is 49.5 Å². The normalized spacial score (nSPS) is 20.1. The molecule has 1 amide bonds. The molecule has 11 heteroatoms. The lowest BCUT2D eigenvalue weighted by molar-refractivity contribution is -0.302. The van der Waals surface area contributed by atoms with Gasteiger partial charge in [0.2, 0.25) is 5.91 Å². The molecule has 0 aromatic heterocycles. The Morgan fingerprint density at radius 3 is 1.54 bits per heavy atom. The number of nitrogens with one attached hydrogen (secondary N) is 1. The number of carbonyl (C=O) groups excluding carboxylic acids is 2. The molecule has 0 aromatic rings. The highest BCUT2D eigenvalue weighted by Gasteiger charge is 2.44. The molecule has 7 unspecified atom stereocenters. The Hall–Kier alpha value is -1.86. The number of amides is 1. The molecule has 1 rings (SSSR count). The maximum Gasteiger partial charge on any atom is 0.305 e. The van der Waals surface area contributed by atoms with Crippen LogP contribution in [0.5, 0.6) is 0 Å². The van der Waals surface area contributed by atoms with Gasteiger partial charge in [0, 0.05) is 12.8 Å². The molecule has 1 fully saturated rings. The first-order chi connectivity index (χ1) is 30.7. The first-order valence-corrected chi connectivity index (χ1v) is 26.1. The van der Waals surface area contributed by atoms with Gasteiger partial charge >= 0.3 is 5.97 Å². The summed E-state index contributed by atoms with van der Waals surface area (Å²) in [6.45, 7) is 4.24. The summed E-state index contributed by atoms with van der Waals surface area (Å²) in [7, 11) is 0. The fourth-order valence-corrected chi connectivity index (χ4v) is 8.07. The highest BCUT2D eigenvalue weighted by Crippen LogP contribution is 2.23. The Morgan fingerprint density at radius 1 is 0.571 bits per heavy atom. The zero-order valence-corrected chi connectivity index (χ0v) is 40.3. The minimum absolute atomic E-state index is 0.0340. The van der Waals surface area contributed by atoms with E-state index >= 15 is 0 Å². The van der Waals surface area contributed by atoms with Crippen LogP contribution in [0.15, 0.2) is 24.3 Å². The Labute approximate surface area is 384 Å². The lowest BCUT2D eigenvalue weighted by Gasteiger charge is -2.40. The second-order valence-corrected chi connectivity index (χ2v) is 18.2. The molecule has 0 bridgehead atoms. The van der Waals surface area contributed by atoms with Gasteiger partial charge in [0.1, 0.15) is 24.4 Å². The first kappa shape index (κ1) is 59.2. The van der Waals surface area contributed by atoms with E-state index in [1.54, 1.807) is 6.08 Å². The van der Waals surface area contributed by atoms with E-state index in [4.69, 9.17) is 14.2 Å². The third-order valence-electron chi connectivity index (χ3n) is 12.3. The number of hydrogen-bond acceptors (Lipinski definition) is 10. The lowest BCUT2D eigenvalue weighted by atomic mass is 9.99. The number of ether oxygens (including phenoxy) is 3. The third kappa shape index (κ3) is 33.3. The fourth-order valence-electron chi connectivity index (χ4n) is 8.07. The largest absolute Gasteiger partial charge is 0.466 e. The van der Waals surface area contributed by atoms with Crippen molar-refractivity contribution in [2.75, 3.05) is 19.8 Å². The van der Waals surface area contributed by atoms with Gasteiger partial charge in [-0.3, -0.25) is 9.59 Å². The number of hydrogen-bond donors (Lipinski definition) is 6. The lowest BCUT2D eigenvalue weighted by Crippen LogP contribution is -2.60. The predicted molar refractivity (Wildman–Crippen MR) is 255 cm³/mol. The van der Waals surface area contributed by atoms with Crippen molar-refractivity contribution in [2.24, 2.45) is 0 Å². The second kappa shape index (κ2) is 42.8. The minimum Gasteiger partial charge on any atom is -0.466 e. The van der Waals surface area contributed by atoms with Gasteiger partial charge in [-0.15, -0.1) is 0 Å². The van der Waals surface area contributed by atoms with Gasteiger partial charge in [-0.2, -0.15) is 0 Å². The van der Waals surface area contributed by atoms with Crippen molar-refractivity contribution in [1.29, 1.82) is 0 Å². The number of allylic oxidation sites excluding steroid dienone is 3. The Bertz CT molecular complexity index is 1100. The van der Waals surface area contributed by atoms with Crippen molar-refractivity contribution in [3.05, 3.63) is 24.3 Å². The van der Waals surface area contributed by atoms with E-state index in [-0.39, 0.29) is 18.5 Å². The average Bonchev–Trinajstić information content (AvgIpc) is 3.28. The smallest absolute Gasteiger partial charge is 0.305 e. The summed E-state index contributed by atoms with van der Waals surface area (Å²) in [5, 5.41) is 54.0. The minimum atomic E-state index is -1.58. The zero-order valence-electron chi connectivity index (χ0n) is 40.3. The van der Waals surface area contributed by atoms with Gasteiger partial charge in [-0.05, 0) is 57.8 Å². The summed E-state index contributed by atoms with van der Waals surface area (Å²) in [6, 6.07) is -0.827. The van der Waals surface area contributed by atoms with Crippen molar-refractivity contribution >= 4 is 11.9 Å². The van der Waals surface area contributed by atoms with Crippen LogP contribution < -0.4 is 5.32 Å². The fraction of sp³-hybridized carbons (Fsp3) is 0.885. The maximum absolute atomic E-state index is 12.9. The number of esters is 1. The van der Waals surface area contributed by atoms with Crippen LogP contribution >= 0.6 is 0 Å². The average molecular weight is 896 g/mol. The van der Waals surface area contributed by atoms with Crippen molar-refractivity contribution < 1.29 is 49.3 Å². The Kier molecular flexibility index (Phi) is 40.1. The number of carbonyl (C=O) groups is 2. The van der Waals surface area contributed by atoms with Crippen LogP contribution in [0.25, 0.3) is 0 Å². The van der Waals surface area contributed by atoms with Crippen LogP contribution in [0.2, 0.25) is 0 Å². The first-order valence-electron chi connectivity index (χ1n) is 26.1. The van der Waals surface area contributed by atoms with Crippen LogP contribution in [0, 0.1) is 0 Å². The van der Waals surface area contributed by atoms with Gasteiger partial charge < -0.3 is 45.1 Å². The number of aliphatic hydroxyl groups is 5. The highest BCUT2D eigenvalue weighted by molar-refractivity contribution is 5.76. The highest BCUT2D eigenvalue weighted by atomic mass is 16.7. The second-order valence-electron chi connectivity index (χ2n) is 18.2. The van der Waals surface area contributed by atoms with E-state index in [0.29, 0.717) is 25.9 Å². The molecule has 0 aromatic carbocycles. The summed E-state index contributed by atoms with van der Waals surface area (Å²) >= 11 is 0. The molecule has 1 saturated heterocycles. The van der Waals surface area contributed by atoms with Crippen LogP contribution in [0.3, 0.4) is 0 Å². The molecule has 11 nitrogen and oxygen atoms in total. The van der Waals surface area contributed by atoms with Crippen molar-refractivity contribution in [1.82, 2.24) is 5.32 Å². The molecule has 0 radical (unpaired) electrons. The van der Waals surface area contributed by atoms with E-state index in [2.05, 4.69) is 31.3 Å². The topological polar surface area (TPSA) is 175 Å². The monoisotopic (exact) mass is 896 g/mol. The molecule has 7 atom stereocenters. The summed E-state index contributed by atoms with van der Waals surface area (Å²) in [5.74, 6) is -0.248. The summed E-state index contributed by atoms with van der Waals surface area (Å²) in [5.41, 5.74) is 0. The third-order valence-corrected chi connectivity index (χ3v) is 12.3. The molecule has 0 aliphatic carbocycles. The van der Waals surface area contributed by atoms with E-state index in [1.165, 1.54) is 128 Å². The maximum atomic E-state index is 12.9. The molecular formula is C52H97NO10.